The summed E-state index contributed by atoms with van der Waals surface area (Å²) in [5, 5.41) is 3.16. The Kier molecular flexibility index (Phi) is 4.69. The number of nitrogens with two attached hydrogens (primary N) is 1. The van der Waals surface area contributed by atoms with Gasteiger partial charge in [-0.1, -0.05) is 12.1 Å². The van der Waals surface area contributed by atoms with Crippen LogP contribution in [0.4, 0.5) is 11.6 Å². The molecule has 0 aliphatic heterocycles. The zero-order valence-electron chi connectivity index (χ0n) is 11.0. The van der Waals surface area contributed by atoms with Crippen LogP contribution in [0, 0.1) is 0 Å². The van der Waals surface area contributed by atoms with Crippen molar-refractivity contribution in [2.45, 2.75) is 12.8 Å². The molecule has 0 bridgehead atoms. The molecule has 2 aromatic rings. The van der Waals surface area contributed by atoms with Crippen LogP contribution in [0.2, 0.25) is 0 Å². The highest BCUT2D eigenvalue weighted by atomic mass is 16.5. The second-order valence-electron chi connectivity index (χ2n) is 4.14. The van der Waals surface area contributed by atoms with Crippen LogP contribution in [0.1, 0.15) is 12.0 Å². The number of anilines is 2. The van der Waals surface area contributed by atoms with Crippen LogP contribution in [0.5, 0.6) is 5.88 Å². The fourth-order valence-electron chi connectivity index (χ4n) is 1.76. The molecule has 0 aliphatic rings. The lowest BCUT2D eigenvalue weighted by Gasteiger charge is -2.07. The zero-order chi connectivity index (χ0) is 13.5. The van der Waals surface area contributed by atoms with Gasteiger partial charge in [-0.05, 0) is 37.1 Å². The van der Waals surface area contributed by atoms with Crippen LogP contribution in [-0.4, -0.2) is 23.6 Å². The van der Waals surface area contributed by atoms with Gasteiger partial charge in [0.2, 0.25) is 11.8 Å². The van der Waals surface area contributed by atoms with Gasteiger partial charge in [0.25, 0.3) is 0 Å². The van der Waals surface area contributed by atoms with Gasteiger partial charge in [-0.2, -0.15) is 4.98 Å². The maximum absolute atomic E-state index is 5.52. The van der Waals surface area contributed by atoms with E-state index in [0.717, 1.165) is 18.5 Å². The number of aromatic nitrogens is 2. The molecule has 0 saturated carbocycles. The first-order valence-corrected chi connectivity index (χ1v) is 6.25. The third-order valence-electron chi connectivity index (χ3n) is 2.69. The number of methoxy groups -OCH3 is 1. The number of benzene rings is 1. The van der Waals surface area contributed by atoms with E-state index in [2.05, 4.69) is 27.4 Å². The van der Waals surface area contributed by atoms with E-state index in [1.54, 1.807) is 19.4 Å². The van der Waals surface area contributed by atoms with Gasteiger partial charge in [-0.25, -0.2) is 4.98 Å². The van der Waals surface area contributed by atoms with Crippen LogP contribution >= 0.6 is 0 Å². The lowest BCUT2D eigenvalue weighted by atomic mass is 10.1. The average molecular weight is 258 g/mol. The second kappa shape index (κ2) is 6.70. The second-order valence-corrected chi connectivity index (χ2v) is 4.14. The summed E-state index contributed by atoms with van der Waals surface area (Å²) in [6, 6.07) is 9.87. The Balaban J connectivity index is 2.09. The predicted octanol–water partition coefficient (Wildman–Crippen LogP) is 2.12. The maximum Gasteiger partial charge on any atom is 0.230 e. The van der Waals surface area contributed by atoms with Gasteiger partial charge >= 0.3 is 0 Å². The van der Waals surface area contributed by atoms with E-state index < -0.39 is 0 Å². The summed E-state index contributed by atoms with van der Waals surface area (Å²) in [7, 11) is 1.58. The molecule has 1 aromatic carbocycles. The third-order valence-corrected chi connectivity index (χ3v) is 2.69. The molecule has 1 aromatic heterocycles. The molecule has 0 radical (unpaired) electrons. The Labute approximate surface area is 112 Å². The summed E-state index contributed by atoms with van der Waals surface area (Å²) in [4.78, 5) is 8.37. The molecular formula is C14H18N4O. The van der Waals surface area contributed by atoms with Crippen LogP contribution in [0.3, 0.4) is 0 Å². The van der Waals surface area contributed by atoms with Crippen molar-refractivity contribution in [3.63, 3.8) is 0 Å². The Bertz CT molecular complexity index is 530. The molecule has 3 N–H and O–H groups in total. The number of nitrogens with zero attached hydrogens (tertiary/aromatic N) is 2. The molecule has 5 nitrogen and oxygen atoms in total. The Morgan fingerprint density at radius 3 is 3.00 bits per heavy atom. The van der Waals surface area contributed by atoms with Crippen LogP contribution in [-0.2, 0) is 6.42 Å². The predicted molar refractivity (Wildman–Crippen MR) is 75.7 cm³/mol. The molecule has 5 heteroatoms. The summed E-state index contributed by atoms with van der Waals surface area (Å²) in [6.45, 7) is 0.705. The standard InChI is InChI=1S/C14H18N4O/c1-19-13-7-9-16-14(18-13)17-12-6-2-4-11(10-12)5-3-8-15/h2,4,6-7,9-10H,3,5,8,15H2,1H3,(H,16,17,18). The van der Waals surface area contributed by atoms with E-state index in [9.17, 15) is 0 Å². The van der Waals surface area contributed by atoms with E-state index >= 15 is 0 Å². The number of hydrogen-bond acceptors (Lipinski definition) is 5. The largest absolute Gasteiger partial charge is 0.481 e. The lowest BCUT2D eigenvalue weighted by Crippen LogP contribution is -2.01. The first-order chi connectivity index (χ1) is 9.31. The van der Waals surface area contributed by atoms with Crippen molar-refractivity contribution in [3.05, 3.63) is 42.1 Å². The zero-order valence-corrected chi connectivity index (χ0v) is 11.0. The molecule has 19 heavy (non-hydrogen) atoms. The van der Waals surface area contributed by atoms with Crippen molar-refractivity contribution < 1.29 is 4.74 Å². The number of hydrogen-bond donors (Lipinski definition) is 2. The van der Waals surface area contributed by atoms with Crippen molar-refractivity contribution in [2.75, 3.05) is 19.0 Å². The number of nitrogens with one attached hydrogen (secondary N) is 1. The van der Waals surface area contributed by atoms with Crippen molar-refractivity contribution >= 4 is 11.6 Å². The van der Waals surface area contributed by atoms with E-state index in [-0.39, 0.29) is 0 Å². The summed E-state index contributed by atoms with van der Waals surface area (Å²) in [5.41, 5.74) is 7.73. The van der Waals surface area contributed by atoms with Crippen LogP contribution in [0.25, 0.3) is 0 Å². The SMILES string of the molecule is COc1ccnc(Nc2cccc(CCCN)c2)n1. The topological polar surface area (TPSA) is 73.1 Å². The van der Waals surface area contributed by atoms with Crippen LogP contribution < -0.4 is 15.8 Å². The molecular weight excluding hydrogens is 240 g/mol. The smallest absolute Gasteiger partial charge is 0.230 e. The summed E-state index contributed by atoms with van der Waals surface area (Å²) in [5.74, 6) is 1.06. The van der Waals surface area contributed by atoms with Gasteiger partial charge in [0.1, 0.15) is 0 Å². The molecule has 0 saturated heterocycles. The molecule has 0 fully saturated rings. The Morgan fingerprint density at radius 2 is 2.21 bits per heavy atom. The Hall–Kier alpha value is -2.14. The van der Waals surface area contributed by atoms with E-state index in [0.29, 0.717) is 18.4 Å². The molecule has 0 atom stereocenters. The van der Waals surface area contributed by atoms with Crippen molar-refractivity contribution in [3.8, 4) is 5.88 Å². The average Bonchev–Trinajstić information content (AvgIpc) is 2.46. The first kappa shape index (κ1) is 13.3. The molecule has 2 rings (SSSR count). The number of rotatable bonds is 6. The fourth-order valence-corrected chi connectivity index (χ4v) is 1.76. The van der Waals surface area contributed by atoms with Gasteiger partial charge < -0.3 is 15.8 Å². The maximum atomic E-state index is 5.52. The van der Waals surface area contributed by atoms with Gasteiger partial charge in [0.15, 0.2) is 0 Å². The van der Waals surface area contributed by atoms with Gasteiger partial charge in [-0.3, -0.25) is 0 Å². The molecule has 0 spiro atoms. The van der Waals surface area contributed by atoms with Crippen molar-refractivity contribution in [1.29, 1.82) is 0 Å². The minimum Gasteiger partial charge on any atom is -0.481 e. The highest BCUT2D eigenvalue weighted by molar-refractivity contribution is 5.54. The normalized spacial score (nSPS) is 10.2. The van der Waals surface area contributed by atoms with Gasteiger partial charge in [0, 0.05) is 18.0 Å². The molecule has 1 heterocycles. The molecule has 100 valence electrons. The third kappa shape index (κ3) is 3.93. The van der Waals surface area contributed by atoms with E-state index in [1.165, 1.54) is 5.56 Å². The molecule has 0 aliphatic carbocycles. The number of ether oxygens (including phenoxy) is 1. The minimum atomic E-state index is 0.523. The summed E-state index contributed by atoms with van der Waals surface area (Å²) < 4.78 is 5.06. The molecule has 0 unspecified atom stereocenters. The highest BCUT2D eigenvalue weighted by Crippen LogP contribution is 2.17. The highest BCUT2D eigenvalue weighted by Gasteiger charge is 2.01. The molecule has 0 amide bonds. The number of aryl methyl sites for hydroxylation is 1. The fraction of sp³-hybridized carbons (Fsp3) is 0.286. The lowest BCUT2D eigenvalue weighted by molar-refractivity contribution is 0.397. The monoisotopic (exact) mass is 258 g/mol. The minimum absolute atomic E-state index is 0.523. The summed E-state index contributed by atoms with van der Waals surface area (Å²) >= 11 is 0. The first-order valence-electron chi connectivity index (χ1n) is 6.25. The Morgan fingerprint density at radius 1 is 1.32 bits per heavy atom. The van der Waals surface area contributed by atoms with Crippen molar-refractivity contribution in [1.82, 2.24) is 9.97 Å². The van der Waals surface area contributed by atoms with E-state index in [4.69, 9.17) is 10.5 Å². The quantitative estimate of drug-likeness (QED) is 0.830. The van der Waals surface area contributed by atoms with Crippen LogP contribution in [0.15, 0.2) is 36.5 Å². The van der Waals surface area contributed by atoms with Crippen molar-refractivity contribution in [2.24, 2.45) is 5.73 Å². The van der Waals surface area contributed by atoms with Gasteiger partial charge in [0.05, 0.1) is 7.11 Å². The van der Waals surface area contributed by atoms with E-state index in [1.807, 2.05) is 12.1 Å². The van der Waals surface area contributed by atoms with Gasteiger partial charge in [-0.15, -0.1) is 0 Å². The summed E-state index contributed by atoms with van der Waals surface area (Å²) in [6.07, 6.45) is 3.62.